The Kier molecular flexibility index (Phi) is 5.71. The zero-order valence-corrected chi connectivity index (χ0v) is 16.1. The normalized spacial score (nSPS) is 10.5. The number of ether oxygens (including phenoxy) is 1. The number of nitrogens with one attached hydrogen (secondary N) is 1. The van der Waals surface area contributed by atoms with E-state index in [4.69, 9.17) is 4.74 Å². The Balaban J connectivity index is 1.98. The molecule has 0 bridgehead atoms. The number of hydrogen-bond acceptors (Lipinski definition) is 8. The summed E-state index contributed by atoms with van der Waals surface area (Å²) in [5, 5.41) is 27.2. The van der Waals surface area contributed by atoms with E-state index in [2.05, 4.69) is 5.32 Å². The molecular weight excluding hydrogens is 404 g/mol. The number of amides is 1. The van der Waals surface area contributed by atoms with Crippen molar-refractivity contribution in [3.05, 3.63) is 62.3 Å². The second-order valence-electron chi connectivity index (χ2n) is 5.46. The van der Waals surface area contributed by atoms with E-state index < -0.39 is 22.5 Å². The molecule has 144 valence electrons. The van der Waals surface area contributed by atoms with Crippen molar-refractivity contribution in [3.8, 4) is 16.2 Å². The van der Waals surface area contributed by atoms with Crippen molar-refractivity contribution in [2.45, 2.75) is 6.92 Å². The van der Waals surface area contributed by atoms with Crippen molar-refractivity contribution < 1.29 is 24.4 Å². The van der Waals surface area contributed by atoms with Gasteiger partial charge in [-0.05, 0) is 24.4 Å². The number of nitro groups is 1. The molecule has 0 spiro atoms. The first-order valence-electron chi connectivity index (χ1n) is 8.03. The third-order valence-corrected chi connectivity index (χ3v) is 5.52. The van der Waals surface area contributed by atoms with Gasteiger partial charge in [0, 0.05) is 28.0 Å². The van der Waals surface area contributed by atoms with Crippen molar-refractivity contribution in [3.63, 3.8) is 0 Å². The number of benzene rings is 1. The lowest BCUT2D eigenvalue weighted by atomic mass is 10.1. The van der Waals surface area contributed by atoms with Crippen molar-refractivity contribution in [1.29, 1.82) is 0 Å². The molecule has 28 heavy (non-hydrogen) atoms. The third kappa shape index (κ3) is 3.87. The number of hydrogen-bond donors (Lipinski definition) is 2. The molecule has 0 unspecified atom stereocenters. The number of carbonyl (C=O) groups is 2. The number of carbonyl (C=O) groups excluding carboxylic acids is 2. The van der Waals surface area contributed by atoms with Crippen LogP contribution >= 0.6 is 22.7 Å². The van der Waals surface area contributed by atoms with E-state index in [1.54, 1.807) is 12.3 Å². The summed E-state index contributed by atoms with van der Waals surface area (Å²) in [4.78, 5) is 36.2. The Morgan fingerprint density at radius 1 is 1.29 bits per heavy atom. The summed E-state index contributed by atoms with van der Waals surface area (Å²) in [5.41, 5.74) is 0.221. The van der Waals surface area contributed by atoms with Gasteiger partial charge in [-0.25, -0.2) is 4.79 Å². The summed E-state index contributed by atoms with van der Waals surface area (Å²) in [5.74, 6) is -1.77. The van der Waals surface area contributed by atoms with Gasteiger partial charge >= 0.3 is 5.97 Å². The average Bonchev–Trinajstić information content (AvgIpc) is 3.31. The van der Waals surface area contributed by atoms with Crippen LogP contribution in [0.1, 0.15) is 27.6 Å². The van der Waals surface area contributed by atoms with Gasteiger partial charge in [-0.3, -0.25) is 14.9 Å². The first kappa shape index (κ1) is 19.5. The molecule has 8 nitrogen and oxygen atoms in total. The number of esters is 1. The highest BCUT2D eigenvalue weighted by Crippen LogP contribution is 2.38. The number of phenols is 1. The van der Waals surface area contributed by atoms with Crippen LogP contribution in [-0.2, 0) is 4.74 Å². The summed E-state index contributed by atoms with van der Waals surface area (Å²) in [6.07, 6.45) is 0. The predicted octanol–water partition coefficient (Wildman–Crippen LogP) is 4.52. The SMILES string of the molecule is CCOC(=O)c1c(-c2cccs2)csc1NC(=O)c1cc([N+](=O)[O-])ccc1O. The first-order chi connectivity index (χ1) is 13.4. The highest BCUT2D eigenvalue weighted by atomic mass is 32.1. The first-order valence-corrected chi connectivity index (χ1v) is 9.79. The highest BCUT2D eigenvalue weighted by molar-refractivity contribution is 7.17. The number of aromatic hydroxyl groups is 1. The average molecular weight is 418 g/mol. The summed E-state index contributed by atoms with van der Waals surface area (Å²) >= 11 is 2.56. The molecule has 0 aliphatic rings. The smallest absolute Gasteiger partial charge is 0.341 e. The number of rotatable bonds is 6. The van der Waals surface area contributed by atoms with Crippen LogP contribution in [0, 0.1) is 10.1 Å². The van der Waals surface area contributed by atoms with Gasteiger partial charge in [-0.15, -0.1) is 22.7 Å². The number of anilines is 1. The molecular formula is C18H14N2O6S2. The van der Waals surface area contributed by atoms with Crippen molar-refractivity contribution in [2.75, 3.05) is 11.9 Å². The summed E-state index contributed by atoms with van der Waals surface area (Å²) in [6.45, 7) is 1.84. The Bertz CT molecular complexity index is 1040. The van der Waals surface area contributed by atoms with Crippen LogP contribution in [0.15, 0.2) is 41.1 Å². The monoisotopic (exact) mass is 418 g/mol. The Morgan fingerprint density at radius 2 is 2.07 bits per heavy atom. The largest absolute Gasteiger partial charge is 0.507 e. The highest BCUT2D eigenvalue weighted by Gasteiger charge is 2.25. The minimum atomic E-state index is -0.772. The maximum Gasteiger partial charge on any atom is 0.341 e. The molecule has 2 heterocycles. The third-order valence-electron chi connectivity index (χ3n) is 3.72. The van der Waals surface area contributed by atoms with Crippen LogP contribution < -0.4 is 5.32 Å². The van der Waals surface area contributed by atoms with E-state index in [1.165, 1.54) is 11.3 Å². The topological polar surface area (TPSA) is 119 Å². The zero-order chi connectivity index (χ0) is 20.3. The van der Waals surface area contributed by atoms with Crippen molar-refractivity contribution >= 4 is 45.2 Å². The summed E-state index contributed by atoms with van der Waals surface area (Å²) < 4.78 is 5.11. The second kappa shape index (κ2) is 8.19. The van der Waals surface area contributed by atoms with E-state index in [9.17, 15) is 24.8 Å². The number of phenolic OH excluding ortho intramolecular Hbond substituents is 1. The molecule has 0 saturated heterocycles. The van der Waals surface area contributed by atoms with Gasteiger partial charge in [0.1, 0.15) is 16.3 Å². The Labute approximate surface area is 167 Å². The molecule has 2 N–H and O–H groups in total. The number of nitrogens with zero attached hydrogens (tertiary/aromatic N) is 1. The van der Waals surface area contributed by atoms with Crippen LogP contribution in [0.4, 0.5) is 10.7 Å². The Morgan fingerprint density at radius 3 is 2.71 bits per heavy atom. The van der Waals surface area contributed by atoms with E-state index in [-0.39, 0.29) is 28.4 Å². The summed E-state index contributed by atoms with van der Waals surface area (Å²) in [6, 6.07) is 6.82. The molecule has 0 aliphatic carbocycles. The molecule has 3 rings (SSSR count). The van der Waals surface area contributed by atoms with Crippen LogP contribution in [0.5, 0.6) is 5.75 Å². The van der Waals surface area contributed by atoms with Gasteiger partial charge in [-0.1, -0.05) is 6.07 Å². The zero-order valence-electron chi connectivity index (χ0n) is 14.5. The molecule has 0 saturated carbocycles. The van der Waals surface area contributed by atoms with Gasteiger partial charge in [0.2, 0.25) is 0 Å². The maximum atomic E-state index is 12.6. The molecule has 0 aliphatic heterocycles. The fourth-order valence-corrected chi connectivity index (χ4v) is 4.23. The molecule has 3 aromatic rings. The van der Waals surface area contributed by atoms with Crippen LogP contribution in [0.3, 0.4) is 0 Å². The Hall–Kier alpha value is -3.24. The molecule has 0 fully saturated rings. The molecule has 2 aromatic heterocycles. The molecule has 0 atom stereocenters. The summed E-state index contributed by atoms with van der Waals surface area (Å²) in [7, 11) is 0. The molecule has 1 amide bonds. The number of non-ortho nitro benzene ring substituents is 1. The maximum absolute atomic E-state index is 12.6. The van der Waals surface area contributed by atoms with Crippen LogP contribution in [0.2, 0.25) is 0 Å². The van der Waals surface area contributed by atoms with E-state index in [0.717, 1.165) is 34.4 Å². The lowest BCUT2D eigenvalue weighted by Gasteiger charge is -2.09. The van der Waals surface area contributed by atoms with Crippen molar-refractivity contribution in [2.24, 2.45) is 0 Å². The van der Waals surface area contributed by atoms with Crippen molar-refractivity contribution in [1.82, 2.24) is 0 Å². The lowest BCUT2D eigenvalue weighted by Crippen LogP contribution is -2.15. The molecule has 10 heteroatoms. The van der Waals surface area contributed by atoms with E-state index in [1.807, 2.05) is 17.5 Å². The number of thiophene rings is 2. The molecule has 0 radical (unpaired) electrons. The molecule has 1 aromatic carbocycles. The lowest BCUT2D eigenvalue weighted by molar-refractivity contribution is -0.384. The van der Waals surface area contributed by atoms with Gasteiger partial charge in [0.05, 0.1) is 17.1 Å². The van der Waals surface area contributed by atoms with Crippen LogP contribution in [0.25, 0.3) is 10.4 Å². The van der Waals surface area contributed by atoms with E-state index >= 15 is 0 Å². The standard InChI is InChI=1S/C18H14N2O6S2/c1-2-26-18(23)15-12(14-4-3-7-27-14)9-28-17(15)19-16(22)11-8-10(20(24)25)5-6-13(11)21/h3-9,21H,2H2,1H3,(H,19,22). The minimum absolute atomic E-state index is 0.164. The van der Waals surface area contributed by atoms with Crippen LogP contribution in [-0.4, -0.2) is 28.5 Å². The quantitative estimate of drug-likeness (QED) is 0.345. The van der Waals surface area contributed by atoms with Gasteiger partial charge < -0.3 is 15.2 Å². The second-order valence-corrected chi connectivity index (χ2v) is 7.29. The minimum Gasteiger partial charge on any atom is -0.507 e. The van der Waals surface area contributed by atoms with E-state index in [0.29, 0.717) is 5.56 Å². The fraction of sp³-hybridized carbons (Fsp3) is 0.111. The fourth-order valence-electron chi connectivity index (χ4n) is 2.46. The predicted molar refractivity (Wildman–Crippen MR) is 106 cm³/mol. The van der Waals surface area contributed by atoms with Gasteiger partial charge in [0.15, 0.2) is 0 Å². The van der Waals surface area contributed by atoms with Gasteiger partial charge in [0.25, 0.3) is 11.6 Å². The van der Waals surface area contributed by atoms with Gasteiger partial charge in [-0.2, -0.15) is 0 Å². The number of nitro benzene ring substituents is 1.